The zero-order chi connectivity index (χ0) is 17.7. The monoisotopic (exact) mass is 354 g/mol. The predicted octanol–water partition coefficient (Wildman–Crippen LogP) is 1.66. The molecule has 132 valence electrons. The van der Waals surface area contributed by atoms with Gasteiger partial charge in [-0.15, -0.1) is 0 Å². The van der Waals surface area contributed by atoms with Crippen LogP contribution in [0.4, 0.5) is 5.69 Å². The summed E-state index contributed by atoms with van der Waals surface area (Å²) in [5.41, 5.74) is 0.794. The SMILES string of the molecule is CCCCCC(=O)CCc1ccc(N2CC(=O)NS2(=O)=O)c(O)c1. The minimum absolute atomic E-state index is 0.0476. The van der Waals surface area contributed by atoms with Crippen LogP contribution in [0, 0.1) is 0 Å². The van der Waals surface area contributed by atoms with Crippen LogP contribution in [0.25, 0.3) is 0 Å². The van der Waals surface area contributed by atoms with Gasteiger partial charge in [0, 0.05) is 12.8 Å². The zero-order valence-electron chi connectivity index (χ0n) is 13.6. The number of carbonyl (C=O) groups is 2. The van der Waals surface area contributed by atoms with Crippen molar-refractivity contribution in [3.8, 4) is 5.75 Å². The summed E-state index contributed by atoms with van der Waals surface area (Å²) in [5, 5.41) is 10.1. The summed E-state index contributed by atoms with van der Waals surface area (Å²) >= 11 is 0. The number of aromatic hydroxyl groups is 1. The van der Waals surface area contributed by atoms with Gasteiger partial charge in [-0.05, 0) is 30.5 Å². The van der Waals surface area contributed by atoms with Crippen molar-refractivity contribution >= 4 is 27.6 Å². The third-order valence-electron chi connectivity index (χ3n) is 3.88. The molecule has 0 radical (unpaired) electrons. The van der Waals surface area contributed by atoms with E-state index in [1.54, 1.807) is 6.07 Å². The maximum absolute atomic E-state index is 11.8. The van der Waals surface area contributed by atoms with E-state index in [1.165, 1.54) is 12.1 Å². The Morgan fingerprint density at radius 3 is 2.62 bits per heavy atom. The van der Waals surface area contributed by atoms with Crippen LogP contribution < -0.4 is 9.03 Å². The molecule has 0 aliphatic carbocycles. The lowest BCUT2D eigenvalue weighted by Gasteiger charge is -2.16. The van der Waals surface area contributed by atoms with Crippen molar-refractivity contribution < 1.29 is 23.1 Å². The van der Waals surface area contributed by atoms with Crippen molar-refractivity contribution in [3.63, 3.8) is 0 Å². The second kappa shape index (κ2) is 7.65. The number of unbranched alkanes of at least 4 members (excludes halogenated alkanes) is 2. The fourth-order valence-electron chi connectivity index (χ4n) is 2.58. The third kappa shape index (κ3) is 4.47. The van der Waals surface area contributed by atoms with Crippen LogP contribution in [0.3, 0.4) is 0 Å². The Hall–Kier alpha value is -2.09. The van der Waals surface area contributed by atoms with Crippen molar-refractivity contribution in [1.82, 2.24) is 4.72 Å². The molecule has 2 rings (SSSR count). The molecule has 1 aliphatic rings. The van der Waals surface area contributed by atoms with Crippen molar-refractivity contribution in [2.45, 2.75) is 45.4 Å². The van der Waals surface area contributed by atoms with Gasteiger partial charge in [-0.3, -0.25) is 9.59 Å². The molecule has 2 N–H and O–H groups in total. The lowest BCUT2D eigenvalue weighted by atomic mass is 10.0. The number of rotatable bonds is 8. The number of carbonyl (C=O) groups excluding carboxylic acids is 2. The number of hydrogen-bond donors (Lipinski definition) is 2. The van der Waals surface area contributed by atoms with E-state index in [-0.39, 0.29) is 23.8 Å². The molecular formula is C16H22N2O5S. The molecule has 1 aromatic rings. The summed E-state index contributed by atoms with van der Waals surface area (Å²) < 4.78 is 26.3. The highest BCUT2D eigenvalue weighted by Gasteiger charge is 2.35. The molecular weight excluding hydrogens is 332 g/mol. The van der Waals surface area contributed by atoms with Crippen LogP contribution >= 0.6 is 0 Å². The molecule has 1 amide bonds. The fourth-order valence-corrected chi connectivity index (χ4v) is 3.74. The van der Waals surface area contributed by atoms with Gasteiger partial charge in [0.2, 0.25) is 0 Å². The molecule has 7 nitrogen and oxygen atoms in total. The minimum atomic E-state index is -3.94. The average Bonchev–Trinajstić information content (AvgIpc) is 2.78. The van der Waals surface area contributed by atoms with Crippen LogP contribution in [0.2, 0.25) is 0 Å². The Labute approximate surface area is 141 Å². The molecule has 24 heavy (non-hydrogen) atoms. The molecule has 0 spiro atoms. The van der Waals surface area contributed by atoms with Crippen LogP contribution in [0.15, 0.2) is 18.2 Å². The number of Topliss-reactive ketones (excluding diaryl/α,β-unsaturated/α-hetero) is 1. The smallest absolute Gasteiger partial charge is 0.326 e. The third-order valence-corrected chi connectivity index (χ3v) is 5.27. The van der Waals surface area contributed by atoms with Gasteiger partial charge in [0.1, 0.15) is 18.1 Å². The fraction of sp³-hybridized carbons (Fsp3) is 0.500. The van der Waals surface area contributed by atoms with E-state index in [9.17, 15) is 23.1 Å². The van der Waals surface area contributed by atoms with Crippen molar-refractivity contribution in [2.24, 2.45) is 0 Å². The molecule has 1 fully saturated rings. The Bertz CT molecular complexity index is 730. The molecule has 0 atom stereocenters. The predicted molar refractivity (Wildman–Crippen MR) is 90.0 cm³/mol. The molecule has 0 saturated carbocycles. The van der Waals surface area contributed by atoms with Gasteiger partial charge in [-0.25, -0.2) is 9.03 Å². The Balaban J connectivity index is 2.00. The molecule has 1 heterocycles. The van der Waals surface area contributed by atoms with E-state index in [1.807, 2.05) is 4.72 Å². The van der Waals surface area contributed by atoms with E-state index in [0.717, 1.165) is 29.1 Å². The van der Waals surface area contributed by atoms with Crippen LogP contribution in [-0.2, 0) is 26.2 Å². The lowest BCUT2D eigenvalue weighted by Crippen LogP contribution is -2.29. The van der Waals surface area contributed by atoms with Gasteiger partial charge in [-0.1, -0.05) is 25.8 Å². The zero-order valence-corrected chi connectivity index (χ0v) is 14.4. The Kier molecular flexibility index (Phi) is 5.82. The number of ketones is 1. The number of nitrogens with zero attached hydrogens (tertiary/aromatic N) is 1. The van der Waals surface area contributed by atoms with Crippen molar-refractivity contribution in [1.29, 1.82) is 0 Å². The van der Waals surface area contributed by atoms with E-state index in [2.05, 4.69) is 6.92 Å². The van der Waals surface area contributed by atoms with Gasteiger partial charge in [-0.2, -0.15) is 8.42 Å². The van der Waals surface area contributed by atoms with E-state index < -0.39 is 16.1 Å². The number of amides is 1. The summed E-state index contributed by atoms with van der Waals surface area (Å²) in [6, 6.07) is 4.55. The van der Waals surface area contributed by atoms with E-state index in [0.29, 0.717) is 19.3 Å². The maximum Gasteiger partial charge on any atom is 0.326 e. The highest BCUT2D eigenvalue weighted by atomic mass is 32.2. The van der Waals surface area contributed by atoms with E-state index >= 15 is 0 Å². The normalized spacial score (nSPS) is 16.2. The first-order chi connectivity index (χ1) is 11.3. The summed E-state index contributed by atoms with van der Waals surface area (Å²) in [5.74, 6) is -0.689. The molecule has 0 aromatic heterocycles. The molecule has 8 heteroatoms. The van der Waals surface area contributed by atoms with Gasteiger partial charge < -0.3 is 5.11 Å². The van der Waals surface area contributed by atoms with Gasteiger partial charge in [0.25, 0.3) is 5.91 Å². The van der Waals surface area contributed by atoms with Crippen molar-refractivity contribution in [2.75, 3.05) is 10.8 Å². The Morgan fingerprint density at radius 1 is 1.29 bits per heavy atom. The number of nitrogens with one attached hydrogen (secondary N) is 1. The number of aryl methyl sites for hydroxylation is 1. The number of hydrogen-bond acceptors (Lipinski definition) is 5. The highest BCUT2D eigenvalue weighted by molar-refractivity contribution is 7.92. The molecule has 1 aliphatic heterocycles. The topological polar surface area (TPSA) is 104 Å². The second-order valence-corrected chi connectivity index (χ2v) is 7.45. The highest BCUT2D eigenvalue weighted by Crippen LogP contribution is 2.31. The number of anilines is 1. The van der Waals surface area contributed by atoms with Gasteiger partial charge in [0.15, 0.2) is 0 Å². The second-order valence-electron chi connectivity index (χ2n) is 5.86. The summed E-state index contributed by atoms with van der Waals surface area (Å²) in [6.45, 7) is 1.73. The quantitative estimate of drug-likeness (QED) is 0.691. The molecule has 0 unspecified atom stereocenters. The number of phenols is 1. The van der Waals surface area contributed by atoms with Gasteiger partial charge >= 0.3 is 10.2 Å². The molecule has 1 aromatic carbocycles. The number of benzene rings is 1. The first-order valence-electron chi connectivity index (χ1n) is 8.00. The van der Waals surface area contributed by atoms with E-state index in [4.69, 9.17) is 0 Å². The first-order valence-corrected chi connectivity index (χ1v) is 9.44. The summed E-state index contributed by atoms with van der Waals surface area (Å²) in [6.07, 6.45) is 4.45. The standard InChI is InChI=1S/C16H22N2O5S/c1-2-3-4-5-13(19)8-6-12-7-9-14(15(20)10-12)18-11-16(21)17-24(18,22)23/h7,9-10,20H,2-6,8,11H2,1H3,(H,17,21). The average molecular weight is 354 g/mol. The minimum Gasteiger partial charge on any atom is -0.506 e. The van der Waals surface area contributed by atoms with Gasteiger partial charge in [0.05, 0.1) is 5.69 Å². The number of phenolic OH excluding ortho intramolecular Hbond substituents is 1. The maximum atomic E-state index is 11.8. The van der Waals surface area contributed by atoms with Crippen molar-refractivity contribution in [3.05, 3.63) is 23.8 Å². The molecule has 0 bridgehead atoms. The summed E-state index contributed by atoms with van der Waals surface area (Å²) in [4.78, 5) is 23.0. The van der Waals surface area contributed by atoms with Crippen LogP contribution in [0.5, 0.6) is 5.75 Å². The summed E-state index contributed by atoms with van der Waals surface area (Å²) in [7, 11) is -3.94. The Morgan fingerprint density at radius 2 is 2.04 bits per heavy atom. The largest absolute Gasteiger partial charge is 0.506 e. The van der Waals surface area contributed by atoms with Crippen LogP contribution in [0.1, 0.15) is 44.6 Å². The first kappa shape index (κ1) is 18.3. The lowest BCUT2D eigenvalue weighted by molar-refractivity contribution is -0.119. The van der Waals surface area contributed by atoms with Crippen LogP contribution in [-0.4, -0.2) is 31.8 Å². The molecule has 1 saturated heterocycles.